The van der Waals surface area contributed by atoms with Crippen molar-refractivity contribution in [2.45, 2.75) is 43.2 Å². The molecular formula is C21H25N3O6S. The van der Waals surface area contributed by atoms with E-state index in [4.69, 9.17) is 9.84 Å². The number of para-hydroxylation sites is 1. The van der Waals surface area contributed by atoms with Gasteiger partial charge in [0.15, 0.2) is 9.84 Å². The normalized spacial score (nSPS) is 21.8. The number of nitrogens with one attached hydrogen (secondary N) is 2. The Balaban J connectivity index is 1.95. The van der Waals surface area contributed by atoms with Crippen molar-refractivity contribution in [1.29, 1.82) is 0 Å². The van der Waals surface area contributed by atoms with Gasteiger partial charge in [0.2, 0.25) is 5.91 Å². The van der Waals surface area contributed by atoms with Crippen LogP contribution in [0.4, 0.5) is 4.79 Å². The van der Waals surface area contributed by atoms with Crippen LogP contribution in [0, 0.1) is 0 Å². The van der Waals surface area contributed by atoms with E-state index in [9.17, 15) is 18.0 Å². The molecule has 3 rings (SSSR count). The molecule has 0 saturated carbocycles. The van der Waals surface area contributed by atoms with Crippen LogP contribution >= 0.6 is 0 Å². The lowest BCUT2D eigenvalue weighted by molar-refractivity contribution is -0.124. The van der Waals surface area contributed by atoms with Gasteiger partial charge in [0.1, 0.15) is 18.4 Å². The minimum atomic E-state index is -3.59. The first kappa shape index (κ1) is 22.5. The van der Waals surface area contributed by atoms with Crippen LogP contribution in [0.15, 0.2) is 47.6 Å². The molecule has 2 aromatic rings. The number of rotatable bonds is 1. The molecule has 31 heavy (non-hydrogen) atoms. The number of hydrogen-bond acceptors (Lipinski definition) is 6. The van der Waals surface area contributed by atoms with Gasteiger partial charge < -0.3 is 20.5 Å². The van der Waals surface area contributed by atoms with Crippen LogP contribution in [-0.4, -0.2) is 55.0 Å². The third kappa shape index (κ3) is 5.94. The topological polar surface area (TPSA) is 135 Å². The summed E-state index contributed by atoms with van der Waals surface area (Å²) in [5.74, 6) is -0.0860. The lowest BCUT2D eigenvalue weighted by Gasteiger charge is -2.21. The maximum atomic E-state index is 12.8. The van der Waals surface area contributed by atoms with E-state index < -0.39 is 27.9 Å². The summed E-state index contributed by atoms with van der Waals surface area (Å²) >= 11 is 0. The first-order chi connectivity index (χ1) is 14.8. The van der Waals surface area contributed by atoms with Crippen LogP contribution in [0.5, 0.6) is 5.75 Å². The summed E-state index contributed by atoms with van der Waals surface area (Å²) in [7, 11) is -3.59. The van der Waals surface area contributed by atoms with Crippen LogP contribution < -0.4 is 15.4 Å². The van der Waals surface area contributed by atoms with Crippen LogP contribution in [0.25, 0.3) is 11.1 Å². The van der Waals surface area contributed by atoms with Crippen molar-refractivity contribution in [2.24, 2.45) is 0 Å². The Morgan fingerprint density at radius 3 is 2.81 bits per heavy atom. The van der Waals surface area contributed by atoms with Crippen molar-refractivity contribution in [1.82, 2.24) is 15.6 Å². The molecular weight excluding hydrogens is 422 g/mol. The van der Waals surface area contributed by atoms with E-state index in [-0.39, 0.29) is 36.1 Å². The van der Waals surface area contributed by atoms with Gasteiger partial charge in [0.25, 0.3) is 0 Å². The van der Waals surface area contributed by atoms with Crippen molar-refractivity contribution >= 4 is 21.8 Å². The van der Waals surface area contributed by atoms with E-state index in [1.54, 1.807) is 31.3 Å². The summed E-state index contributed by atoms with van der Waals surface area (Å²) in [6.45, 7) is 1.91. The van der Waals surface area contributed by atoms with Crippen molar-refractivity contribution in [3.05, 3.63) is 42.7 Å². The molecule has 0 radical (unpaired) electrons. The fourth-order valence-corrected chi connectivity index (χ4v) is 4.69. The minimum Gasteiger partial charge on any atom is -0.491 e. The van der Waals surface area contributed by atoms with Gasteiger partial charge in [-0.1, -0.05) is 18.2 Å². The molecule has 2 bridgehead atoms. The summed E-state index contributed by atoms with van der Waals surface area (Å²) in [6, 6.07) is 7.39. The molecule has 9 nitrogen and oxygen atoms in total. The minimum absolute atomic E-state index is 0.109. The van der Waals surface area contributed by atoms with Crippen LogP contribution in [0.2, 0.25) is 0 Å². The lowest BCUT2D eigenvalue weighted by Crippen LogP contribution is -2.49. The Kier molecular flexibility index (Phi) is 7.11. The molecule has 0 unspecified atom stereocenters. The van der Waals surface area contributed by atoms with E-state index in [1.165, 1.54) is 6.20 Å². The molecule has 166 valence electrons. The average Bonchev–Trinajstić information content (AvgIpc) is 2.74. The van der Waals surface area contributed by atoms with E-state index in [0.29, 0.717) is 23.3 Å². The smallest absolute Gasteiger partial charge is 0.405 e. The van der Waals surface area contributed by atoms with E-state index in [2.05, 4.69) is 15.6 Å². The molecule has 1 aromatic carbocycles. The molecule has 3 N–H and O–H groups in total. The molecule has 1 aromatic heterocycles. The highest BCUT2D eigenvalue weighted by Crippen LogP contribution is 2.31. The van der Waals surface area contributed by atoms with E-state index >= 15 is 0 Å². The Bertz CT molecular complexity index is 1060. The van der Waals surface area contributed by atoms with Crippen LogP contribution in [0.1, 0.15) is 26.2 Å². The molecule has 0 saturated heterocycles. The van der Waals surface area contributed by atoms with Crippen molar-refractivity contribution < 1.29 is 27.9 Å². The maximum Gasteiger partial charge on any atom is 0.405 e. The Morgan fingerprint density at radius 2 is 2.03 bits per heavy atom. The van der Waals surface area contributed by atoms with Gasteiger partial charge in [-0.05, 0) is 38.3 Å². The first-order valence-corrected chi connectivity index (χ1v) is 11.6. The zero-order valence-electron chi connectivity index (χ0n) is 17.1. The van der Waals surface area contributed by atoms with Crippen molar-refractivity contribution in [3.63, 3.8) is 0 Å². The maximum absolute atomic E-state index is 12.8. The molecule has 2 amide bonds. The first-order valence-electron chi connectivity index (χ1n) is 9.96. The number of fused-ring (bicyclic) bond motifs is 4. The Labute approximate surface area is 180 Å². The average molecular weight is 448 g/mol. The highest BCUT2D eigenvalue weighted by atomic mass is 32.2. The highest BCUT2D eigenvalue weighted by molar-refractivity contribution is 7.91. The number of sulfone groups is 1. The largest absolute Gasteiger partial charge is 0.491 e. The molecule has 1 aliphatic rings. The number of ether oxygens (including phenoxy) is 1. The van der Waals surface area contributed by atoms with Gasteiger partial charge in [-0.3, -0.25) is 9.78 Å². The number of carbonyl (C=O) groups excluding carboxylic acids is 1. The van der Waals surface area contributed by atoms with Gasteiger partial charge in [-0.15, -0.1) is 0 Å². The fourth-order valence-electron chi connectivity index (χ4n) is 3.34. The lowest BCUT2D eigenvalue weighted by atomic mass is 10.1. The number of hydrogen-bond donors (Lipinski definition) is 3. The number of carboxylic acid groups (broad SMARTS) is 1. The second kappa shape index (κ2) is 9.78. The summed E-state index contributed by atoms with van der Waals surface area (Å²) in [5.41, 5.74) is 1.30. The molecule has 10 heteroatoms. The predicted octanol–water partition coefficient (Wildman–Crippen LogP) is 2.23. The van der Waals surface area contributed by atoms with E-state index in [0.717, 1.165) is 0 Å². The fraction of sp³-hybridized carbons (Fsp3) is 0.381. The SMILES string of the molecule is C[C@@H]1COc2ccccc2-c2cncc(c2)S(=O)(=O)CCCC[C@H](NC(=O)O)C(=O)N1. The van der Waals surface area contributed by atoms with Gasteiger partial charge >= 0.3 is 6.09 Å². The van der Waals surface area contributed by atoms with Crippen molar-refractivity contribution in [2.75, 3.05) is 12.4 Å². The predicted molar refractivity (Wildman–Crippen MR) is 114 cm³/mol. The number of nitrogens with zero attached hydrogens (tertiary/aromatic N) is 1. The summed E-state index contributed by atoms with van der Waals surface area (Å²) in [4.78, 5) is 27.8. The second-order valence-corrected chi connectivity index (χ2v) is 9.55. The molecule has 1 aliphatic heterocycles. The number of amides is 2. The summed E-state index contributed by atoms with van der Waals surface area (Å²) in [5, 5.41) is 14.0. The quantitative estimate of drug-likeness (QED) is 0.610. The third-order valence-electron chi connectivity index (χ3n) is 4.92. The second-order valence-electron chi connectivity index (χ2n) is 7.44. The van der Waals surface area contributed by atoms with E-state index in [1.807, 2.05) is 12.1 Å². The zero-order chi connectivity index (χ0) is 22.4. The number of carbonyl (C=O) groups is 2. The standard InChI is InChI=1S/C21H25N3O6S/c1-14-13-30-19-8-3-2-6-17(19)15-10-16(12-22-11-15)31(28,29)9-5-4-7-18(20(25)23-14)24-21(26)27/h2-3,6,8,10-12,14,18,24H,4-5,7,9,13H2,1H3,(H,23,25)(H,26,27)/t14-,18+/m1/s1. The van der Waals surface area contributed by atoms with Gasteiger partial charge in [0, 0.05) is 23.5 Å². The molecule has 0 spiro atoms. The Hall–Kier alpha value is -3.14. The van der Waals surface area contributed by atoms with Crippen LogP contribution in [0.3, 0.4) is 0 Å². The monoisotopic (exact) mass is 447 g/mol. The summed E-state index contributed by atoms with van der Waals surface area (Å²) < 4.78 is 31.4. The summed E-state index contributed by atoms with van der Waals surface area (Å²) in [6.07, 6.45) is 2.41. The number of aromatic nitrogens is 1. The molecule has 0 fully saturated rings. The van der Waals surface area contributed by atoms with Crippen LogP contribution in [-0.2, 0) is 14.6 Å². The highest BCUT2D eigenvalue weighted by Gasteiger charge is 2.23. The zero-order valence-corrected chi connectivity index (χ0v) is 17.9. The molecule has 0 aliphatic carbocycles. The van der Waals surface area contributed by atoms with Gasteiger partial charge in [0.05, 0.1) is 16.7 Å². The van der Waals surface area contributed by atoms with Crippen molar-refractivity contribution in [3.8, 4) is 16.9 Å². The van der Waals surface area contributed by atoms with Gasteiger partial charge in [-0.25, -0.2) is 13.2 Å². The number of pyridine rings is 1. The molecule has 2 atom stereocenters. The third-order valence-corrected chi connectivity index (χ3v) is 6.69. The molecule has 2 heterocycles. The van der Waals surface area contributed by atoms with Gasteiger partial charge in [-0.2, -0.15) is 0 Å². The number of benzene rings is 1. The Morgan fingerprint density at radius 1 is 1.26 bits per heavy atom.